The van der Waals surface area contributed by atoms with Crippen LogP contribution in [0.4, 0.5) is 0 Å². The van der Waals surface area contributed by atoms with E-state index >= 15 is 0 Å². The summed E-state index contributed by atoms with van der Waals surface area (Å²) in [6, 6.07) is 11.5. The minimum atomic E-state index is 0.231. The van der Waals surface area contributed by atoms with Gasteiger partial charge in [-0.15, -0.1) is 0 Å². The number of H-pyrrole nitrogens is 1. The summed E-state index contributed by atoms with van der Waals surface area (Å²) in [4.78, 5) is 0. The molecular weight excluding hydrogens is 376 g/mol. The third-order valence-electron chi connectivity index (χ3n) is 3.98. The highest BCUT2D eigenvalue weighted by molar-refractivity contribution is 7.71. The Morgan fingerprint density at radius 3 is 2.25 bits per heavy atom. The van der Waals surface area contributed by atoms with E-state index in [1.165, 1.54) is 4.68 Å². The number of methoxy groups -OCH3 is 2. The van der Waals surface area contributed by atoms with E-state index in [-0.39, 0.29) is 6.61 Å². The summed E-state index contributed by atoms with van der Waals surface area (Å²) in [5.74, 6) is 2.69. The van der Waals surface area contributed by atoms with Crippen molar-refractivity contribution >= 4 is 18.4 Å². The summed E-state index contributed by atoms with van der Waals surface area (Å²) in [7, 11) is 3.20. The molecule has 3 aromatic rings. The Kier molecular flexibility index (Phi) is 6.10. The van der Waals surface area contributed by atoms with Gasteiger partial charge in [-0.2, -0.15) is 14.9 Å². The van der Waals surface area contributed by atoms with Crippen molar-refractivity contribution in [2.45, 2.75) is 20.5 Å². The predicted octanol–water partition coefficient (Wildman–Crippen LogP) is 4.04. The van der Waals surface area contributed by atoms with Gasteiger partial charge in [0.1, 0.15) is 23.9 Å². The number of hydrogen-bond donors (Lipinski definition) is 1. The van der Waals surface area contributed by atoms with E-state index in [2.05, 4.69) is 21.4 Å². The van der Waals surface area contributed by atoms with Crippen LogP contribution in [0.3, 0.4) is 0 Å². The molecular formula is C20H22N4O3S. The molecule has 0 bridgehead atoms. The van der Waals surface area contributed by atoms with Crippen molar-refractivity contribution in [3.63, 3.8) is 0 Å². The maximum absolute atomic E-state index is 5.87. The maximum Gasteiger partial charge on any atom is 0.216 e. The van der Waals surface area contributed by atoms with Crippen LogP contribution in [0.2, 0.25) is 0 Å². The molecule has 0 saturated heterocycles. The molecule has 0 saturated carbocycles. The van der Waals surface area contributed by atoms with Crippen LogP contribution in [-0.2, 0) is 6.61 Å². The zero-order valence-corrected chi connectivity index (χ0v) is 17.0. The van der Waals surface area contributed by atoms with Gasteiger partial charge in [-0.1, -0.05) is 6.07 Å². The van der Waals surface area contributed by atoms with Crippen LogP contribution in [0.1, 0.15) is 22.5 Å². The molecule has 1 N–H and O–H groups in total. The zero-order chi connectivity index (χ0) is 20.1. The topological polar surface area (TPSA) is 73.7 Å². The number of aromatic nitrogens is 3. The molecule has 0 spiro atoms. The van der Waals surface area contributed by atoms with E-state index in [1.807, 2.05) is 38.1 Å². The highest BCUT2D eigenvalue weighted by Crippen LogP contribution is 2.21. The van der Waals surface area contributed by atoms with Crippen LogP contribution in [0.25, 0.3) is 0 Å². The largest absolute Gasteiger partial charge is 0.497 e. The molecule has 0 amide bonds. The molecule has 1 heterocycles. The first kappa shape index (κ1) is 19.6. The molecule has 0 aliphatic heterocycles. The molecule has 0 atom stereocenters. The van der Waals surface area contributed by atoms with E-state index in [1.54, 1.807) is 26.5 Å². The number of nitrogens with zero attached hydrogens (tertiary/aromatic N) is 3. The Labute approximate surface area is 168 Å². The Balaban J connectivity index is 1.81. The number of hydrogen-bond acceptors (Lipinski definition) is 6. The SMILES string of the molecule is COc1cc(/C=N\n2c(COc3cc(C)cc(C)c3)n[nH]c2=S)cc(OC)c1. The monoisotopic (exact) mass is 398 g/mol. The highest BCUT2D eigenvalue weighted by atomic mass is 32.1. The van der Waals surface area contributed by atoms with Crippen LogP contribution in [0.5, 0.6) is 17.2 Å². The summed E-state index contributed by atoms with van der Waals surface area (Å²) in [5, 5.41) is 11.4. The van der Waals surface area contributed by atoms with Crippen LogP contribution < -0.4 is 14.2 Å². The summed E-state index contributed by atoms with van der Waals surface area (Å²) in [5.41, 5.74) is 3.08. The summed E-state index contributed by atoms with van der Waals surface area (Å²) in [6.07, 6.45) is 1.66. The smallest absolute Gasteiger partial charge is 0.216 e. The van der Waals surface area contributed by atoms with Crippen molar-refractivity contribution in [1.82, 2.24) is 14.9 Å². The lowest BCUT2D eigenvalue weighted by atomic mass is 10.1. The zero-order valence-electron chi connectivity index (χ0n) is 16.2. The second kappa shape index (κ2) is 8.71. The lowest BCUT2D eigenvalue weighted by molar-refractivity contribution is 0.290. The van der Waals surface area contributed by atoms with Gasteiger partial charge in [-0.25, -0.2) is 5.10 Å². The first-order valence-electron chi connectivity index (χ1n) is 8.63. The highest BCUT2D eigenvalue weighted by Gasteiger charge is 2.07. The van der Waals surface area contributed by atoms with Crippen LogP contribution >= 0.6 is 12.2 Å². The van der Waals surface area contributed by atoms with Gasteiger partial charge in [-0.3, -0.25) is 0 Å². The number of rotatable bonds is 7. The van der Waals surface area contributed by atoms with Crippen molar-refractivity contribution in [2.24, 2.45) is 5.10 Å². The molecule has 1 aromatic heterocycles. The first-order valence-corrected chi connectivity index (χ1v) is 9.04. The lowest BCUT2D eigenvalue weighted by Crippen LogP contribution is -2.04. The van der Waals surface area contributed by atoms with Crippen LogP contribution in [0, 0.1) is 18.6 Å². The second-order valence-electron chi connectivity index (χ2n) is 6.26. The van der Waals surface area contributed by atoms with E-state index < -0.39 is 0 Å². The third-order valence-corrected chi connectivity index (χ3v) is 4.24. The third kappa shape index (κ3) is 4.77. The average Bonchev–Trinajstić information content (AvgIpc) is 3.03. The van der Waals surface area contributed by atoms with Gasteiger partial charge in [0.15, 0.2) is 5.82 Å². The minimum Gasteiger partial charge on any atom is -0.497 e. The summed E-state index contributed by atoms with van der Waals surface area (Å²) < 4.78 is 18.3. The standard InChI is InChI=1S/C20H22N4O3S/c1-13-5-14(2)7-18(6-13)27-12-19-22-23-20(28)24(19)21-11-15-8-16(25-3)10-17(9-15)26-4/h5-11H,12H2,1-4H3,(H,23,28)/b21-11-. The van der Waals surface area contributed by atoms with E-state index in [9.17, 15) is 0 Å². The molecule has 2 aromatic carbocycles. The normalized spacial score (nSPS) is 11.0. The summed E-state index contributed by atoms with van der Waals surface area (Å²) in [6.45, 7) is 4.29. The second-order valence-corrected chi connectivity index (χ2v) is 6.65. The van der Waals surface area contributed by atoms with Gasteiger partial charge >= 0.3 is 0 Å². The van der Waals surface area contributed by atoms with E-state index in [0.717, 1.165) is 22.4 Å². The van der Waals surface area contributed by atoms with Gasteiger partial charge in [0, 0.05) is 11.6 Å². The maximum atomic E-state index is 5.87. The number of aryl methyl sites for hydroxylation is 2. The van der Waals surface area contributed by atoms with Gasteiger partial charge in [0.25, 0.3) is 0 Å². The molecule has 7 nitrogen and oxygen atoms in total. The molecule has 28 heavy (non-hydrogen) atoms. The molecule has 0 radical (unpaired) electrons. The number of ether oxygens (including phenoxy) is 3. The Bertz CT molecular complexity index is 1010. The molecule has 0 aliphatic carbocycles. The summed E-state index contributed by atoms with van der Waals surface area (Å²) >= 11 is 5.28. The van der Waals surface area contributed by atoms with Gasteiger partial charge in [-0.05, 0) is 61.5 Å². The van der Waals surface area contributed by atoms with Crippen molar-refractivity contribution in [3.05, 3.63) is 63.7 Å². The van der Waals surface area contributed by atoms with Crippen LogP contribution in [-0.4, -0.2) is 35.3 Å². The molecule has 146 valence electrons. The van der Waals surface area contributed by atoms with E-state index in [0.29, 0.717) is 22.1 Å². The fourth-order valence-corrected chi connectivity index (χ4v) is 2.93. The quantitative estimate of drug-likeness (QED) is 0.480. The van der Waals surface area contributed by atoms with Crippen molar-refractivity contribution < 1.29 is 14.2 Å². The Morgan fingerprint density at radius 2 is 1.64 bits per heavy atom. The molecule has 8 heteroatoms. The van der Waals surface area contributed by atoms with Gasteiger partial charge < -0.3 is 14.2 Å². The predicted molar refractivity (Wildman–Crippen MR) is 110 cm³/mol. The molecule has 0 fully saturated rings. The van der Waals surface area contributed by atoms with E-state index in [4.69, 9.17) is 26.4 Å². The van der Waals surface area contributed by atoms with Crippen LogP contribution in [0.15, 0.2) is 41.5 Å². The van der Waals surface area contributed by atoms with Crippen molar-refractivity contribution in [2.75, 3.05) is 14.2 Å². The van der Waals surface area contributed by atoms with Gasteiger partial charge in [0.05, 0.1) is 20.4 Å². The first-order chi connectivity index (χ1) is 13.5. The molecule has 3 rings (SSSR count). The van der Waals surface area contributed by atoms with Crippen molar-refractivity contribution in [1.29, 1.82) is 0 Å². The fraction of sp³-hybridized carbons (Fsp3) is 0.250. The minimum absolute atomic E-state index is 0.231. The Morgan fingerprint density at radius 1 is 1.00 bits per heavy atom. The van der Waals surface area contributed by atoms with Crippen molar-refractivity contribution in [3.8, 4) is 17.2 Å². The number of benzene rings is 2. The molecule has 0 aliphatic rings. The number of aromatic amines is 1. The van der Waals surface area contributed by atoms with Gasteiger partial charge in [0.2, 0.25) is 4.77 Å². The average molecular weight is 398 g/mol. The molecule has 0 unspecified atom stereocenters. The Hall–Kier alpha value is -3.13. The number of nitrogens with one attached hydrogen (secondary N) is 1. The fourth-order valence-electron chi connectivity index (χ4n) is 2.73. The lowest BCUT2D eigenvalue weighted by Gasteiger charge is -2.08.